The van der Waals surface area contributed by atoms with E-state index < -0.39 is 0 Å². The van der Waals surface area contributed by atoms with E-state index in [2.05, 4.69) is 27.1 Å². The standard InChI is InChI=1S/C17H18Cl2N4O/c1-11-5-8-23(9-6-11)17-20-7-4-14(22-17)16(24)21-15-10-12(18)2-3-13(15)19/h2-4,7,10-11H,5-6,8-9H2,1H3,(H,21,24). The molecule has 0 saturated carbocycles. The Kier molecular flexibility index (Phi) is 5.21. The van der Waals surface area contributed by atoms with Crippen LogP contribution in [0.2, 0.25) is 10.0 Å². The zero-order valence-corrected chi connectivity index (χ0v) is 14.8. The van der Waals surface area contributed by atoms with Crippen molar-refractivity contribution in [1.82, 2.24) is 9.97 Å². The average molecular weight is 365 g/mol. The van der Waals surface area contributed by atoms with Gasteiger partial charge < -0.3 is 10.2 Å². The number of halogens is 2. The van der Waals surface area contributed by atoms with Gasteiger partial charge in [0.05, 0.1) is 10.7 Å². The highest BCUT2D eigenvalue weighted by molar-refractivity contribution is 6.35. The first kappa shape index (κ1) is 17.0. The van der Waals surface area contributed by atoms with Gasteiger partial charge in [0.1, 0.15) is 5.69 Å². The molecule has 5 nitrogen and oxygen atoms in total. The Balaban J connectivity index is 1.76. The number of rotatable bonds is 3. The van der Waals surface area contributed by atoms with Crippen LogP contribution in [0.1, 0.15) is 30.3 Å². The van der Waals surface area contributed by atoms with Crippen LogP contribution in [0, 0.1) is 5.92 Å². The molecule has 0 atom stereocenters. The number of amides is 1. The van der Waals surface area contributed by atoms with Crippen molar-refractivity contribution in [1.29, 1.82) is 0 Å². The minimum atomic E-state index is -0.340. The maximum atomic E-state index is 12.4. The minimum Gasteiger partial charge on any atom is -0.341 e. The van der Waals surface area contributed by atoms with Gasteiger partial charge in [-0.1, -0.05) is 30.1 Å². The summed E-state index contributed by atoms with van der Waals surface area (Å²) in [6.07, 6.45) is 3.82. The largest absolute Gasteiger partial charge is 0.341 e. The average Bonchev–Trinajstić information content (AvgIpc) is 2.59. The Hall–Kier alpha value is -1.85. The van der Waals surface area contributed by atoms with Crippen molar-refractivity contribution < 1.29 is 4.79 Å². The van der Waals surface area contributed by atoms with Crippen LogP contribution < -0.4 is 10.2 Å². The molecule has 1 N–H and O–H groups in total. The summed E-state index contributed by atoms with van der Waals surface area (Å²) in [5, 5.41) is 3.66. The molecule has 24 heavy (non-hydrogen) atoms. The van der Waals surface area contributed by atoms with Gasteiger partial charge in [-0.05, 0) is 43.0 Å². The van der Waals surface area contributed by atoms with Gasteiger partial charge in [0, 0.05) is 24.3 Å². The van der Waals surface area contributed by atoms with Crippen molar-refractivity contribution in [2.45, 2.75) is 19.8 Å². The Bertz CT molecular complexity index is 745. The quantitative estimate of drug-likeness (QED) is 0.883. The second-order valence-electron chi connectivity index (χ2n) is 5.99. The number of hydrogen-bond donors (Lipinski definition) is 1. The lowest BCUT2D eigenvalue weighted by Gasteiger charge is -2.30. The Labute approximate surface area is 151 Å². The second-order valence-corrected chi connectivity index (χ2v) is 6.83. The third-order valence-corrected chi connectivity index (χ3v) is 4.68. The van der Waals surface area contributed by atoms with Crippen LogP contribution in [0.3, 0.4) is 0 Å². The predicted molar refractivity (Wildman–Crippen MR) is 97.1 cm³/mol. The number of nitrogens with zero attached hydrogens (tertiary/aromatic N) is 3. The highest BCUT2D eigenvalue weighted by Crippen LogP contribution is 2.26. The normalized spacial score (nSPS) is 15.4. The Morgan fingerprint density at radius 1 is 1.25 bits per heavy atom. The molecule has 2 heterocycles. The van der Waals surface area contributed by atoms with Crippen LogP contribution >= 0.6 is 23.2 Å². The fraction of sp³-hybridized carbons (Fsp3) is 0.353. The van der Waals surface area contributed by atoms with Gasteiger partial charge in [-0.15, -0.1) is 0 Å². The first-order valence-corrected chi connectivity index (χ1v) is 8.63. The molecule has 1 amide bonds. The summed E-state index contributed by atoms with van der Waals surface area (Å²) in [5.74, 6) is 0.970. The van der Waals surface area contributed by atoms with Crippen molar-refractivity contribution in [3.63, 3.8) is 0 Å². The third kappa shape index (κ3) is 3.97. The lowest BCUT2D eigenvalue weighted by Crippen LogP contribution is -2.34. The van der Waals surface area contributed by atoms with Crippen LogP contribution in [0.25, 0.3) is 0 Å². The van der Waals surface area contributed by atoms with Gasteiger partial charge in [0.25, 0.3) is 5.91 Å². The molecule has 1 aromatic carbocycles. The molecule has 1 aromatic heterocycles. The SMILES string of the molecule is CC1CCN(c2nccc(C(=O)Nc3cc(Cl)ccc3Cl)n2)CC1. The van der Waals surface area contributed by atoms with Crippen molar-refractivity contribution >= 4 is 40.7 Å². The van der Waals surface area contributed by atoms with E-state index in [1.807, 2.05) is 0 Å². The number of benzene rings is 1. The summed E-state index contributed by atoms with van der Waals surface area (Å²) in [6, 6.07) is 6.50. The summed E-state index contributed by atoms with van der Waals surface area (Å²) in [6.45, 7) is 4.06. The van der Waals surface area contributed by atoms with Crippen molar-refractivity contribution in [2.75, 3.05) is 23.3 Å². The van der Waals surface area contributed by atoms with Crippen LogP contribution in [-0.2, 0) is 0 Å². The van der Waals surface area contributed by atoms with E-state index in [4.69, 9.17) is 23.2 Å². The van der Waals surface area contributed by atoms with Gasteiger partial charge in [-0.2, -0.15) is 0 Å². The first-order chi connectivity index (χ1) is 11.5. The van der Waals surface area contributed by atoms with Gasteiger partial charge in [-0.3, -0.25) is 4.79 Å². The fourth-order valence-electron chi connectivity index (χ4n) is 2.62. The lowest BCUT2D eigenvalue weighted by atomic mass is 10.00. The number of aromatic nitrogens is 2. The molecule has 0 unspecified atom stereocenters. The first-order valence-electron chi connectivity index (χ1n) is 7.87. The summed E-state index contributed by atoms with van der Waals surface area (Å²) in [7, 11) is 0. The topological polar surface area (TPSA) is 58.1 Å². The Morgan fingerprint density at radius 3 is 2.75 bits per heavy atom. The van der Waals surface area contributed by atoms with Crippen LogP contribution in [0.5, 0.6) is 0 Å². The van der Waals surface area contributed by atoms with Gasteiger partial charge >= 0.3 is 0 Å². The van der Waals surface area contributed by atoms with Crippen LogP contribution in [0.15, 0.2) is 30.5 Å². The number of anilines is 2. The molecule has 2 aromatic rings. The van der Waals surface area contributed by atoms with Gasteiger partial charge in [0.15, 0.2) is 0 Å². The molecule has 1 aliphatic rings. The van der Waals surface area contributed by atoms with Gasteiger partial charge in [0.2, 0.25) is 5.95 Å². The monoisotopic (exact) mass is 364 g/mol. The zero-order valence-electron chi connectivity index (χ0n) is 13.3. The molecule has 1 aliphatic heterocycles. The van der Waals surface area contributed by atoms with E-state index in [0.717, 1.165) is 31.8 Å². The van der Waals surface area contributed by atoms with E-state index in [1.165, 1.54) is 0 Å². The molecule has 3 rings (SSSR count). The lowest BCUT2D eigenvalue weighted by molar-refractivity contribution is 0.102. The number of carbonyl (C=O) groups excluding carboxylic acids is 1. The van der Waals surface area contributed by atoms with Crippen molar-refractivity contribution in [3.8, 4) is 0 Å². The Morgan fingerprint density at radius 2 is 2.00 bits per heavy atom. The molecule has 0 bridgehead atoms. The summed E-state index contributed by atoms with van der Waals surface area (Å²) >= 11 is 12.0. The molecule has 0 radical (unpaired) electrons. The van der Waals surface area contributed by atoms with E-state index in [0.29, 0.717) is 27.4 Å². The smallest absolute Gasteiger partial charge is 0.274 e. The minimum absolute atomic E-state index is 0.301. The zero-order chi connectivity index (χ0) is 17.1. The van der Waals surface area contributed by atoms with E-state index >= 15 is 0 Å². The fourth-order valence-corrected chi connectivity index (χ4v) is 2.95. The summed E-state index contributed by atoms with van der Waals surface area (Å²) < 4.78 is 0. The molecule has 1 fully saturated rings. The maximum Gasteiger partial charge on any atom is 0.274 e. The maximum absolute atomic E-state index is 12.4. The number of hydrogen-bond acceptors (Lipinski definition) is 4. The number of carbonyl (C=O) groups is 1. The molecule has 0 spiro atoms. The molecule has 126 valence electrons. The second kappa shape index (κ2) is 7.36. The van der Waals surface area contributed by atoms with E-state index in [-0.39, 0.29) is 5.91 Å². The molecule has 7 heteroatoms. The third-order valence-electron chi connectivity index (χ3n) is 4.12. The molecular weight excluding hydrogens is 347 g/mol. The molecule has 1 saturated heterocycles. The van der Waals surface area contributed by atoms with Crippen LogP contribution in [0.4, 0.5) is 11.6 Å². The highest BCUT2D eigenvalue weighted by Gasteiger charge is 2.19. The van der Waals surface area contributed by atoms with Crippen molar-refractivity contribution in [2.24, 2.45) is 5.92 Å². The summed E-state index contributed by atoms with van der Waals surface area (Å²) in [4.78, 5) is 23.3. The van der Waals surface area contributed by atoms with Crippen LogP contribution in [-0.4, -0.2) is 29.0 Å². The molecular formula is C17H18Cl2N4O. The number of piperidine rings is 1. The summed E-state index contributed by atoms with van der Waals surface area (Å²) in [5.41, 5.74) is 0.760. The van der Waals surface area contributed by atoms with Gasteiger partial charge in [-0.25, -0.2) is 9.97 Å². The predicted octanol–water partition coefficient (Wildman–Crippen LogP) is 4.27. The van der Waals surface area contributed by atoms with Crippen molar-refractivity contribution in [3.05, 3.63) is 46.2 Å². The highest BCUT2D eigenvalue weighted by atomic mass is 35.5. The number of nitrogens with one attached hydrogen (secondary N) is 1. The molecule has 0 aliphatic carbocycles. The van der Waals surface area contributed by atoms with E-state index in [9.17, 15) is 4.79 Å². The van der Waals surface area contributed by atoms with E-state index in [1.54, 1.807) is 30.5 Å².